The molecule has 0 aromatic rings. The molecule has 0 saturated heterocycles. The number of rotatable bonds is 4. The molecule has 0 radical (unpaired) electrons. The maximum absolute atomic E-state index is 4.21. The molecular weight excluding hydrogens is 254 g/mol. The fraction of sp³-hybridized carbons (Fsp3) is 0.562. The van der Waals surface area contributed by atoms with E-state index in [1.54, 1.807) is 5.57 Å². The van der Waals surface area contributed by atoms with Gasteiger partial charge in [0.15, 0.2) is 0 Å². The zero-order valence-corrected chi connectivity index (χ0v) is 14.7. The van der Waals surface area contributed by atoms with E-state index in [0.717, 1.165) is 0 Å². The van der Waals surface area contributed by atoms with E-state index in [1.165, 1.54) is 29.7 Å². The third-order valence-corrected chi connectivity index (χ3v) is 9.29. The Hall–Kier alpha value is -0.180. The van der Waals surface area contributed by atoms with Gasteiger partial charge in [0, 0.05) is 10.8 Å². The molecule has 0 spiro atoms. The molecule has 0 aromatic heterocycles. The van der Waals surface area contributed by atoms with Crippen molar-refractivity contribution in [2.75, 3.05) is 0 Å². The Morgan fingerprint density at radius 3 is 1.89 bits per heavy atom. The van der Waals surface area contributed by atoms with Crippen LogP contribution in [-0.2, 0) is 0 Å². The lowest BCUT2D eigenvalue weighted by atomic mass is 9.93. The van der Waals surface area contributed by atoms with Gasteiger partial charge >= 0.3 is 0 Å². The lowest BCUT2D eigenvalue weighted by Crippen LogP contribution is -2.31. The van der Waals surface area contributed by atoms with Gasteiger partial charge in [-0.1, -0.05) is 52.4 Å². The topological polar surface area (TPSA) is 0 Å². The predicted octanol–water partition coefficient (Wildman–Crippen LogP) is 6.17. The highest BCUT2D eigenvalue weighted by Crippen LogP contribution is 2.62. The van der Waals surface area contributed by atoms with Crippen molar-refractivity contribution in [3.63, 3.8) is 0 Å². The largest absolute Gasteiger partial charge is 0.0953 e. The van der Waals surface area contributed by atoms with E-state index in [0.29, 0.717) is 5.66 Å². The molecule has 1 aliphatic rings. The zero-order valence-electron chi connectivity index (χ0n) is 12.9. The molecule has 2 heteroatoms. The second-order valence-electron chi connectivity index (χ2n) is 5.61. The van der Waals surface area contributed by atoms with E-state index < -0.39 is 0 Å². The van der Waals surface area contributed by atoms with Crippen molar-refractivity contribution in [3.05, 3.63) is 34.9 Å². The van der Waals surface area contributed by atoms with Crippen molar-refractivity contribution >= 4 is 21.4 Å². The zero-order chi connectivity index (χ0) is 14.2. The first-order chi connectivity index (χ1) is 8.12. The van der Waals surface area contributed by atoms with Crippen LogP contribution in [-0.4, -0.2) is 16.1 Å². The third kappa shape index (κ3) is 2.56. The second-order valence-corrected chi connectivity index (χ2v) is 10.5. The summed E-state index contributed by atoms with van der Waals surface area (Å²) in [6.45, 7) is 24.4. The minimum Gasteiger partial charge on any atom is -0.0953 e. The summed E-state index contributed by atoms with van der Waals surface area (Å²) in [4.78, 5) is 0. The minimum atomic E-state index is -0.308. The van der Waals surface area contributed by atoms with Gasteiger partial charge in [-0.3, -0.25) is 0 Å². The number of hydrogen-bond acceptors (Lipinski definition) is 0. The van der Waals surface area contributed by atoms with Gasteiger partial charge in [0.05, 0.1) is 0 Å². The Balaban J connectivity index is 3.23. The molecule has 0 fully saturated rings. The molecule has 0 aliphatic carbocycles. The van der Waals surface area contributed by atoms with E-state index >= 15 is 0 Å². The van der Waals surface area contributed by atoms with Crippen LogP contribution >= 0.6 is 16.1 Å². The first-order valence-corrected chi connectivity index (χ1v) is 8.78. The van der Waals surface area contributed by atoms with Crippen LogP contribution in [0.3, 0.4) is 0 Å². The van der Waals surface area contributed by atoms with E-state index in [1.807, 2.05) is 0 Å². The Kier molecular flexibility index (Phi) is 4.80. The van der Waals surface area contributed by atoms with Crippen molar-refractivity contribution in [2.24, 2.45) is 0 Å². The summed E-state index contributed by atoms with van der Waals surface area (Å²) in [7, 11) is 1.17. The van der Waals surface area contributed by atoms with Crippen molar-refractivity contribution in [1.29, 1.82) is 0 Å². The molecule has 18 heavy (non-hydrogen) atoms. The average Bonchev–Trinajstić information content (AvgIpc) is 2.43. The maximum atomic E-state index is 4.21. The first-order valence-electron chi connectivity index (χ1n) is 6.48. The normalized spacial score (nSPS) is 26.3. The van der Waals surface area contributed by atoms with Crippen LogP contribution in [0.2, 0.25) is 0 Å². The Bertz CT molecular complexity index is 440. The van der Waals surface area contributed by atoms with Gasteiger partial charge in [-0.15, -0.1) is 0 Å². The molecule has 2 unspecified atom stereocenters. The Morgan fingerprint density at radius 2 is 1.61 bits per heavy atom. The average molecular weight is 280 g/mol. The summed E-state index contributed by atoms with van der Waals surface area (Å²) in [5.74, 6) is 0. The van der Waals surface area contributed by atoms with Crippen LogP contribution in [0.15, 0.2) is 34.9 Å². The molecular formula is C16H26P2. The second kappa shape index (κ2) is 5.44. The predicted molar refractivity (Wildman–Crippen MR) is 90.4 cm³/mol. The van der Waals surface area contributed by atoms with Crippen LogP contribution < -0.4 is 0 Å². The van der Waals surface area contributed by atoms with Crippen LogP contribution in [0, 0.1) is 0 Å². The van der Waals surface area contributed by atoms with Gasteiger partial charge < -0.3 is 0 Å². The minimum absolute atomic E-state index is 0.262. The molecule has 0 amide bonds. The summed E-state index contributed by atoms with van der Waals surface area (Å²) < 4.78 is 0. The van der Waals surface area contributed by atoms with Crippen molar-refractivity contribution < 1.29 is 0 Å². The maximum Gasteiger partial charge on any atom is 0.0378 e. The molecule has 0 bridgehead atoms. The van der Waals surface area contributed by atoms with Crippen LogP contribution in [0.25, 0.3) is 0 Å². The van der Waals surface area contributed by atoms with Crippen LogP contribution in [0.5, 0.6) is 0 Å². The van der Waals surface area contributed by atoms with Crippen molar-refractivity contribution in [3.8, 4) is 0 Å². The standard InChI is InChI=1S/C16H26P2/c1-10(2)18(11(3)4)15(8)16(9)13(6)12(5)14(7)17-16/h15H,1,3H2,2,4-9H3. The Morgan fingerprint density at radius 1 is 1.17 bits per heavy atom. The lowest BCUT2D eigenvalue weighted by molar-refractivity contribution is 0.720. The SMILES string of the molecule is C=C(C)P(C(=C)C)C(C)C1(C)P=C(C)C(C)=C1C. The molecule has 1 aliphatic heterocycles. The Labute approximate surface area is 116 Å². The molecule has 1 heterocycles. The summed E-state index contributed by atoms with van der Waals surface area (Å²) in [5.41, 5.74) is 3.67. The highest BCUT2D eigenvalue weighted by Gasteiger charge is 2.40. The number of allylic oxidation sites excluding steroid dienone is 4. The smallest absolute Gasteiger partial charge is 0.0378 e. The van der Waals surface area contributed by atoms with Crippen LogP contribution in [0.4, 0.5) is 0 Å². The molecule has 0 aromatic carbocycles. The molecule has 1 rings (SSSR count). The molecule has 2 atom stereocenters. The molecule has 0 saturated carbocycles. The number of hydrogen-bond donors (Lipinski definition) is 0. The van der Waals surface area contributed by atoms with Crippen LogP contribution in [0.1, 0.15) is 48.5 Å². The van der Waals surface area contributed by atoms with E-state index in [-0.39, 0.29) is 13.1 Å². The molecule has 100 valence electrons. The highest BCUT2D eigenvalue weighted by atomic mass is 31.1. The van der Waals surface area contributed by atoms with E-state index in [9.17, 15) is 0 Å². The van der Waals surface area contributed by atoms with Gasteiger partial charge in [-0.2, -0.15) is 0 Å². The van der Waals surface area contributed by atoms with Gasteiger partial charge in [-0.25, -0.2) is 0 Å². The third-order valence-electron chi connectivity index (χ3n) is 4.29. The molecule has 0 nitrogen and oxygen atoms in total. The summed E-state index contributed by atoms with van der Waals surface area (Å²) in [6, 6.07) is 0. The van der Waals surface area contributed by atoms with Gasteiger partial charge in [0.1, 0.15) is 0 Å². The fourth-order valence-electron chi connectivity index (χ4n) is 2.81. The van der Waals surface area contributed by atoms with Gasteiger partial charge in [-0.05, 0) is 52.4 Å². The highest BCUT2D eigenvalue weighted by molar-refractivity contribution is 7.67. The summed E-state index contributed by atoms with van der Waals surface area (Å²) in [6.07, 6.45) is 0. The summed E-state index contributed by atoms with van der Waals surface area (Å²) in [5, 5.41) is 4.39. The fourth-order valence-corrected chi connectivity index (χ4v) is 7.56. The van der Waals surface area contributed by atoms with Crippen molar-refractivity contribution in [1.82, 2.24) is 0 Å². The summed E-state index contributed by atoms with van der Waals surface area (Å²) >= 11 is 0. The monoisotopic (exact) mass is 280 g/mol. The van der Waals surface area contributed by atoms with Gasteiger partial charge in [0.25, 0.3) is 0 Å². The van der Waals surface area contributed by atoms with Gasteiger partial charge in [0.2, 0.25) is 0 Å². The lowest BCUT2D eigenvalue weighted by Gasteiger charge is -2.38. The van der Waals surface area contributed by atoms with E-state index in [4.69, 9.17) is 0 Å². The van der Waals surface area contributed by atoms with E-state index in [2.05, 4.69) is 61.6 Å². The molecule has 0 N–H and O–H groups in total. The quantitative estimate of drug-likeness (QED) is 0.540. The first kappa shape index (κ1) is 15.9. The van der Waals surface area contributed by atoms with Crippen molar-refractivity contribution in [2.45, 2.75) is 59.3 Å².